The Kier molecular flexibility index (Phi) is 23.5. The number of unbranched alkanes of at least 4 members (excludes halogenated alkanes) is 1. The summed E-state index contributed by atoms with van der Waals surface area (Å²) >= 11 is 0. The minimum Gasteiger partial charge on any atom is -0.343 e. The minimum absolute atomic E-state index is 0.0472. The van der Waals surface area contributed by atoms with Crippen LogP contribution in [-0.2, 0) is 44.8 Å². The van der Waals surface area contributed by atoms with Gasteiger partial charge in [-0.2, -0.15) is 0 Å². The summed E-state index contributed by atoms with van der Waals surface area (Å²) in [5.74, 6) is -6.88. The summed E-state index contributed by atoms with van der Waals surface area (Å²) in [5, 5.41) is 22.5. The van der Waals surface area contributed by atoms with Crippen LogP contribution in [0.2, 0.25) is 0 Å². The fourth-order valence-electron chi connectivity index (χ4n) is 7.36. The molecule has 17 heteroatoms. The van der Waals surface area contributed by atoms with E-state index in [0.717, 1.165) is 5.56 Å². The number of nitrogens with two attached hydrogens (primary N) is 1. The third-order valence-electron chi connectivity index (χ3n) is 12.2. The smallest absolute Gasteiger partial charge is 0.243 e. The van der Waals surface area contributed by atoms with Gasteiger partial charge in [0.25, 0.3) is 0 Å². The van der Waals surface area contributed by atoms with Gasteiger partial charge in [0.05, 0.1) is 0 Å². The maximum Gasteiger partial charge on any atom is 0.243 e. The van der Waals surface area contributed by atoms with Gasteiger partial charge in [-0.1, -0.05) is 119 Å². The molecule has 1 saturated heterocycles. The van der Waals surface area contributed by atoms with E-state index >= 15 is 0 Å². The summed E-state index contributed by atoms with van der Waals surface area (Å²) < 4.78 is 0. The van der Waals surface area contributed by atoms with Crippen LogP contribution in [0.3, 0.4) is 0 Å². The van der Waals surface area contributed by atoms with Gasteiger partial charge in [-0.3, -0.25) is 38.4 Å². The van der Waals surface area contributed by atoms with Crippen molar-refractivity contribution in [3.05, 3.63) is 35.9 Å². The van der Waals surface area contributed by atoms with E-state index in [9.17, 15) is 38.4 Å². The fraction of sp³-hybridized carbons (Fsp3) is 0.702. The highest BCUT2D eigenvalue weighted by Crippen LogP contribution is 2.16. The van der Waals surface area contributed by atoms with Gasteiger partial charge in [0.1, 0.15) is 48.3 Å². The van der Waals surface area contributed by atoms with Crippen molar-refractivity contribution in [2.24, 2.45) is 35.3 Å². The molecule has 1 fully saturated rings. The number of benzene rings is 1. The molecule has 11 atom stereocenters. The van der Waals surface area contributed by atoms with Gasteiger partial charge in [0.15, 0.2) is 0 Å². The van der Waals surface area contributed by atoms with Crippen LogP contribution in [0.15, 0.2) is 30.3 Å². The second kappa shape index (κ2) is 27.3. The molecule has 1 heterocycles. The van der Waals surface area contributed by atoms with Crippen molar-refractivity contribution in [3.8, 4) is 0 Å². The van der Waals surface area contributed by atoms with Crippen LogP contribution in [0, 0.1) is 29.6 Å². The molecule has 0 radical (unpaired) electrons. The topological polar surface area (TPSA) is 259 Å². The predicted octanol–water partition coefficient (Wildman–Crippen LogP) is 2.11. The van der Waals surface area contributed by atoms with Crippen LogP contribution < -0.4 is 48.3 Å². The van der Waals surface area contributed by atoms with E-state index in [2.05, 4.69) is 42.5 Å². The average Bonchev–Trinajstić information content (AvgIpc) is 3.25. The van der Waals surface area contributed by atoms with Crippen molar-refractivity contribution < 1.29 is 38.4 Å². The Bertz CT molecular complexity index is 1710. The average molecular weight is 898 g/mol. The standard InChI is InChI=1S/C47H79N9O8/c1-12-28(8)37-45(62)49-31(11)40(57)53-36(27(6)7)44(61)56-39(30(10)14-3)46(63)50-33(22-18-19-23-48)41(58)54-38(29(9)13-2)47(64)52-35(25-32-20-16-15-17-21-32)42(59)51-34(24-26(4)5)43(60)55-37/h15-17,20-21,26-31,33-39H,12-14,18-19,22-25,48H2,1-11H3,(H,49,62)(H,50,63)(H,51,59)(H,52,64)(H,53,57)(H,54,58)(H,55,60)(H,56,61)/t28-,29-,30+,31+,33-,34+,35+,36-,37-,38+,39+/m0/s1. The van der Waals surface area contributed by atoms with Crippen molar-refractivity contribution in [1.29, 1.82) is 0 Å². The fourth-order valence-corrected chi connectivity index (χ4v) is 7.36. The Morgan fingerprint density at radius 1 is 0.484 bits per heavy atom. The molecule has 1 aromatic rings. The molecule has 0 saturated carbocycles. The summed E-state index contributed by atoms with van der Waals surface area (Å²) in [6.07, 6.45) is 2.86. The number of rotatable bonds is 15. The summed E-state index contributed by atoms with van der Waals surface area (Å²) in [6.45, 7) is 20.0. The monoisotopic (exact) mass is 898 g/mol. The molecule has 1 aromatic carbocycles. The molecule has 0 bridgehead atoms. The number of carbonyl (C=O) groups is 8. The number of amides is 8. The molecule has 360 valence electrons. The zero-order valence-corrected chi connectivity index (χ0v) is 40.1. The summed E-state index contributed by atoms with van der Waals surface area (Å²) in [4.78, 5) is 113. The van der Waals surface area contributed by atoms with Gasteiger partial charge in [-0.25, -0.2) is 0 Å². The van der Waals surface area contributed by atoms with Gasteiger partial charge < -0.3 is 48.3 Å². The van der Waals surface area contributed by atoms with Crippen molar-refractivity contribution in [3.63, 3.8) is 0 Å². The molecule has 10 N–H and O–H groups in total. The number of carbonyl (C=O) groups excluding carboxylic acids is 8. The van der Waals surface area contributed by atoms with Crippen LogP contribution in [0.5, 0.6) is 0 Å². The predicted molar refractivity (Wildman–Crippen MR) is 247 cm³/mol. The molecule has 0 unspecified atom stereocenters. The Labute approximate surface area is 380 Å². The second-order valence-electron chi connectivity index (χ2n) is 18.4. The molecule has 64 heavy (non-hydrogen) atoms. The van der Waals surface area contributed by atoms with Crippen LogP contribution in [0.25, 0.3) is 0 Å². The third-order valence-corrected chi connectivity index (χ3v) is 12.2. The zero-order valence-electron chi connectivity index (χ0n) is 40.1. The lowest BCUT2D eigenvalue weighted by Gasteiger charge is -2.32. The van der Waals surface area contributed by atoms with E-state index in [1.54, 1.807) is 58.9 Å². The Morgan fingerprint density at radius 3 is 1.36 bits per heavy atom. The van der Waals surface area contributed by atoms with E-state index in [-0.39, 0.29) is 25.2 Å². The number of nitrogens with one attached hydrogen (secondary N) is 8. The third kappa shape index (κ3) is 17.1. The first-order chi connectivity index (χ1) is 30.2. The lowest BCUT2D eigenvalue weighted by atomic mass is 9.95. The number of hydrogen-bond acceptors (Lipinski definition) is 9. The van der Waals surface area contributed by atoms with E-state index in [1.165, 1.54) is 6.92 Å². The Balaban J connectivity index is 2.79. The normalized spacial score (nSPS) is 26.8. The van der Waals surface area contributed by atoms with Crippen LogP contribution in [-0.4, -0.2) is 102 Å². The molecule has 1 aliphatic heterocycles. The van der Waals surface area contributed by atoms with Crippen LogP contribution >= 0.6 is 0 Å². The highest BCUT2D eigenvalue weighted by Gasteiger charge is 2.38. The summed E-state index contributed by atoms with van der Waals surface area (Å²) in [6, 6.07) is -0.0528. The first-order valence-electron chi connectivity index (χ1n) is 23.4. The van der Waals surface area contributed by atoms with Crippen molar-refractivity contribution in [2.75, 3.05) is 6.54 Å². The zero-order chi connectivity index (χ0) is 48.3. The van der Waals surface area contributed by atoms with Gasteiger partial charge in [-0.15, -0.1) is 0 Å². The van der Waals surface area contributed by atoms with Gasteiger partial charge in [-0.05, 0) is 74.3 Å². The lowest BCUT2D eigenvalue weighted by Crippen LogP contribution is -2.63. The summed E-state index contributed by atoms with van der Waals surface area (Å²) in [7, 11) is 0. The van der Waals surface area contributed by atoms with E-state index in [1.807, 2.05) is 40.7 Å². The largest absolute Gasteiger partial charge is 0.343 e. The van der Waals surface area contributed by atoms with Crippen molar-refractivity contribution in [2.45, 2.75) is 176 Å². The molecular formula is C47H79N9O8. The maximum atomic E-state index is 14.4. The quantitative estimate of drug-likeness (QED) is 0.117. The number of hydrogen-bond donors (Lipinski definition) is 9. The van der Waals surface area contributed by atoms with Gasteiger partial charge in [0, 0.05) is 6.42 Å². The first-order valence-corrected chi connectivity index (χ1v) is 23.4. The van der Waals surface area contributed by atoms with Gasteiger partial charge >= 0.3 is 0 Å². The Hall–Kier alpha value is -5.06. The minimum atomic E-state index is -1.20. The van der Waals surface area contributed by atoms with Crippen LogP contribution in [0.4, 0.5) is 0 Å². The lowest BCUT2D eigenvalue weighted by molar-refractivity contribution is -0.138. The van der Waals surface area contributed by atoms with Gasteiger partial charge in [0.2, 0.25) is 47.3 Å². The molecule has 17 nitrogen and oxygen atoms in total. The van der Waals surface area contributed by atoms with E-state index in [0.29, 0.717) is 38.6 Å². The van der Waals surface area contributed by atoms with E-state index in [4.69, 9.17) is 5.73 Å². The van der Waals surface area contributed by atoms with E-state index < -0.39 is 119 Å². The molecule has 0 aromatic heterocycles. The SMILES string of the molecule is CC[C@@H](C)[C@H]1NC(=O)[C@H](C(C)C)NC(=O)[C@@H](C)NC(=O)[C@H]([C@@H](C)CC)NC(=O)[C@@H](CC(C)C)NC(=O)[C@@H](Cc2ccccc2)NC(=O)[C@@H]([C@@H](C)CC)NC(=O)[C@H](CCCCN)NC1=O. The van der Waals surface area contributed by atoms with Crippen LogP contribution in [0.1, 0.15) is 127 Å². The molecule has 2 rings (SSSR count). The molecule has 0 aliphatic carbocycles. The van der Waals surface area contributed by atoms with Crippen molar-refractivity contribution in [1.82, 2.24) is 42.5 Å². The molecule has 8 amide bonds. The molecular weight excluding hydrogens is 819 g/mol. The highest BCUT2D eigenvalue weighted by atomic mass is 16.2. The Morgan fingerprint density at radius 2 is 0.891 bits per heavy atom. The highest BCUT2D eigenvalue weighted by molar-refractivity contribution is 5.99. The first kappa shape index (κ1) is 55.1. The molecule has 0 spiro atoms. The summed E-state index contributed by atoms with van der Waals surface area (Å²) in [5.41, 5.74) is 6.51. The second-order valence-corrected chi connectivity index (χ2v) is 18.4. The van der Waals surface area contributed by atoms with Crippen molar-refractivity contribution >= 4 is 47.3 Å². The molecule has 1 aliphatic rings. The maximum absolute atomic E-state index is 14.4.